The fourth-order valence-electron chi connectivity index (χ4n) is 8.94. The summed E-state index contributed by atoms with van der Waals surface area (Å²) >= 11 is 13.5. The van der Waals surface area contributed by atoms with Gasteiger partial charge >= 0.3 is 0 Å². The third-order valence-electron chi connectivity index (χ3n) is 11.9. The van der Waals surface area contributed by atoms with Crippen molar-refractivity contribution in [2.75, 3.05) is 16.8 Å². The van der Waals surface area contributed by atoms with Crippen LogP contribution in [-0.4, -0.2) is 49.3 Å². The number of ether oxygens (including phenoxy) is 2. The molecule has 0 saturated heterocycles. The Kier molecular flexibility index (Phi) is 10.6. The summed E-state index contributed by atoms with van der Waals surface area (Å²) in [5.41, 5.74) is -0.343. The van der Waals surface area contributed by atoms with Crippen LogP contribution < -0.4 is 30.8 Å². The highest BCUT2D eigenvalue weighted by Crippen LogP contribution is 2.44. The number of benzene rings is 2. The summed E-state index contributed by atoms with van der Waals surface area (Å²) in [6, 6.07) is 5.24. The van der Waals surface area contributed by atoms with E-state index in [1.54, 1.807) is 15.4 Å². The molecule has 8 rings (SSSR count). The van der Waals surface area contributed by atoms with Crippen LogP contribution in [0.1, 0.15) is 59.8 Å². The average molecular weight is 840 g/mol. The fraction of sp³-hybridized carbons (Fsp3) is 0.476. The van der Waals surface area contributed by atoms with Crippen molar-refractivity contribution in [2.24, 2.45) is 23.7 Å². The third-order valence-corrected chi connectivity index (χ3v) is 12.7. The van der Waals surface area contributed by atoms with E-state index in [2.05, 4.69) is 11.9 Å². The van der Waals surface area contributed by atoms with Gasteiger partial charge in [-0.3, -0.25) is 28.5 Å². The van der Waals surface area contributed by atoms with Crippen molar-refractivity contribution in [1.29, 1.82) is 0 Å². The zero-order chi connectivity index (χ0) is 41.3. The van der Waals surface area contributed by atoms with E-state index in [0.29, 0.717) is 44.6 Å². The second-order valence-electron chi connectivity index (χ2n) is 16.5. The molecule has 12 nitrogen and oxygen atoms in total. The molecule has 4 aliphatic rings. The quantitative estimate of drug-likeness (QED) is 0.163. The molecule has 4 atom stereocenters. The van der Waals surface area contributed by atoms with E-state index in [0.717, 1.165) is 12.8 Å². The van der Waals surface area contributed by atoms with E-state index in [9.17, 15) is 19.2 Å². The molecule has 4 aromatic rings. The predicted molar refractivity (Wildman–Crippen MR) is 218 cm³/mol. The maximum absolute atomic E-state index is 16.1. The van der Waals surface area contributed by atoms with Crippen molar-refractivity contribution in [3.63, 3.8) is 0 Å². The molecule has 2 amide bonds. The van der Waals surface area contributed by atoms with Gasteiger partial charge in [0.05, 0.1) is 22.5 Å². The van der Waals surface area contributed by atoms with Crippen molar-refractivity contribution >= 4 is 46.4 Å². The number of nitrogens with zero attached hydrogens (tertiary/aromatic N) is 5. The zero-order valence-corrected chi connectivity index (χ0v) is 34.3. The highest BCUT2D eigenvalue weighted by atomic mass is 35.5. The van der Waals surface area contributed by atoms with Crippen LogP contribution in [0.25, 0.3) is 22.3 Å². The van der Waals surface area contributed by atoms with Crippen molar-refractivity contribution in [3.8, 4) is 33.8 Å². The predicted octanol–water partition coefficient (Wildman–Crippen LogP) is 7.73. The summed E-state index contributed by atoms with van der Waals surface area (Å²) in [6.45, 7) is 13.5. The Morgan fingerprint density at radius 2 is 1.45 bits per heavy atom. The molecular formula is C42H46Cl2F2N6O6. The van der Waals surface area contributed by atoms with Crippen molar-refractivity contribution in [2.45, 2.75) is 98.2 Å². The van der Waals surface area contributed by atoms with Crippen LogP contribution in [0.5, 0.6) is 11.5 Å². The highest BCUT2D eigenvalue weighted by molar-refractivity contribution is 6.32. The number of halogens is 4. The Balaban J connectivity index is 1.06. The number of amides is 2. The van der Waals surface area contributed by atoms with Crippen LogP contribution in [0.4, 0.5) is 20.2 Å². The maximum Gasteiger partial charge on any atom is 0.276 e. The Morgan fingerprint density at radius 1 is 0.828 bits per heavy atom. The number of hydrogen-bond donors (Lipinski definition) is 1. The van der Waals surface area contributed by atoms with Gasteiger partial charge < -0.3 is 19.7 Å². The SMILES string of the molecule is C=CCN1C(=O)C(C(CC2CCn3c(Cl)c(-c4cc5c(cc4F)OC(CC(C)C)C(=O)N5)c(=O)n3C2)C(C)C)Oc2cc(F)c(-c3c(Cl)n4n(c3=O)CCCC4)cc21. The van der Waals surface area contributed by atoms with E-state index in [4.69, 9.17) is 32.7 Å². The number of carbonyl (C=O) groups excluding carboxylic acids is 2. The van der Waals surface area contributed by atoms with Crippen molar-refractivity contribution in [1.82, 2.24) is 18.7 Å². The molecule has 0 saturated carbocycles. The molecule has 4 unspecified atom stereocenters. The van der Waals surface area contributed by atoms with Crippen molar-refractivity contribution < 1.29 is 27.8 Å². The number of hydrogen-bond acceptors (Lipinski definition) is 6. The molecule has 1 N–H and O–H groups in total. The standard InChI is InChI=1S/C42H46Cl2F2N6O6/c1-6-10-48-30-17-26(35-37(43)49-11-7-8-12-51(49)40(35)54)28(46)19-32(30)58-36(42(48)56)24(22(4)5)15-23-9-13-50-38(44)34(41(55)52(50)20-23)25-16-29-31(18-27(25)45)57-33(14-21(2)3)39(53)47-29/h6,16-19,21-24,33,36H,1,7-15,20H2,2-5H3,(H,47,53). The fourth-order valence-corrected chi connectivity index (χ4v) is 9.65. The Hall–Kier alpha value is -4.82. The minimum absolute atomic E-state index is 0.00946. The number of nitrogens with one attached hydrogen (secondary N) is 1. The molecule has 58 heavy (non-hydrogen) atoms. The average Bonchev–Trinajstić information content (AvgIpc) is 3.58. The number of rotatable bonds is 10. The lowest BCUT2D eigenvalue weighted by molar-refractivity contribution is -0.130. The first-order valence-electron chi connectivity index (χ1n) is 19.9. The first-order chi connectivity index (χ1) is 27.7. The van der Waals surface area contributed by atoms with E-state index in [1.165, 1.54) is 38.5 Å². The van der Waals surface area contributed by atoms with E-state index in [-0.39, 0.29) is 98.3 Å². The molecule has 0 radical (unpaired) electrons. The summed E-state index contributed by atoms with van der Waals surface area (Å²) in [6.07, 6.45) is 3.04. The Bertz CT molecular complexity index is 2470. The van der Waals surface area contributed by atoms with Crippen LogP contribution in [-0.2, 0) is 35.8 Å². The number of anilines is 2. The van der Waals surface area contributed by atoms with Gasteiger partial charge in [0.25, 0.3) is 22.9 Å². The number of fused-ring (bicyclic) bond motifs is 4. The van der Waals surface area contributed by atoms with Crippen molar-refractivity contribution in [3.05, 3.63) is 79.6 Å². The summed E-state index contributed by atoms with van der Waals surface area (Å²) in [7, 11) is 0. The van der Waals surface area contributed by atoms with E-state index in [1.807, 2.05) is 27.7 Å². The van der Waals surface area contributed by atoms with Gasteiger partial charge in [0.15, 0.2) is 12.2 Å². The van der Waals surface area contributed by atoms with E-state index < -0.39 is 35.0 Å². The smallest absolute Gasteiger partial charge is 0.276 e. The summed E-state index contributed by atoms with van der Waals surface area (Å²) in [5.74, 6) is -2.08. The van der Waals surface area contributed by atoms with E-state index >= 15 is 8.78 Å². The van der Waals surface area contributed by atoms with Crippen LogP contribution >= 0.6 is 23.2 Å². The second-order valence-corrected chi connectivity index (χ2v) is 17.2. The minimum Gasteiger partial charge on any atom is -0.478 e. The molecule has 0 aliphatic carbocycles. The normalized spacial score (nSPS) is 20.5. The zero-order valence-electron chi connectivity index (χ0n) is 32.8. The maximum atomic E-state index is 16.1. The van der Waals surface area contributed by atoms with Gasteiger partial charge in [-0.15, -0.1) is 6.58 Å². The summed E-state index contributed by atoms with van der Waals surface area (Å²) in [5, 5.41) is 3.02. The second kappa shape index (κ2) is 15.4. The molecule has 0 fully saturated rings. The van der Waals surface area contributed by atoms with Gasteiger partial charge in [-0.2, -0.15) is 0 Å². The lowest BCUT2D eigenvalue weighted by atomic mass is 9.80. The molecule has 16 heteroatoms. The molecule has 4 aliphatic heterocycles. The minimum atomic E-state index is -0.986. The van der Waals surface area contributed by atoms with Crippen LogP contribution in [0.2, 0.25) is 10.3 Å². The first kappa shape index (κ1) is 40.0. The van der Waals surface area contributed by atoms with Crippen LogP contribution in [0.3, 0.4) is 0 Å². The lowest BCUT2D eigenvalue weighted by Crippen LogP contribution is -2.51. The van der Waals surface area contributed by atoms with Crippen LogP contribution in [0, 0.1) is 35.3 Å². The number of carbonyl (C=O) groups is 2. The molecule has 0 bridgehead atoms. The lowest BCUT2D eigenvalue weighted by Gasteiger charge is -2.40. The Labute approximate surface area is 343 Å². The van der Waals surface area contributed by atoms with Crippen LogP contribution in [0.15, 0.2) is 46.5 Å². The summed E-state index contributed by atoms with van der Waals surface area (Å²) in [4.78, 5) is 56.1. The monoisotopic (exact) mass is 838 g/mol. The van der Waals surface area contributed by atoms with Gasteiger partial charge in [-0.1, -0.05) is 57.0 Å². The topological polar surface area (TPSA) is 122 Å². The Morgan fingerprint density at radius 3 is 2.09 bits per heavy atom. The van der Waals surface area contributed by atoms with Gasteiger partial charge in [-0.25, -0.2) is 18.1 Å². The van der Waals surface area contributed by atoms with Gasteiger partial charge in [0, 0.05) is 61.9 Å². The third kappa shape index (κ3) is 6.75. The van der Waals surface area contributed by atoms with Gasteiger partial charge in [0.1, 0.15) is 33.4 Å². The van der Waals surface area contributed by atoms with Gasteiger partial charge in [-0.05, 0) is 62.0 Å². The molecule has 0 spiro atoms. The first-order valence-corrected chi connectivity index (χ1v) is 20.7. The molecule has 2 aromatic heterocycles. The largest absolute Gasteiger partial charge is 0.478 e. The molecule has 2 aromatic carbocycles. The summed E-state index contributed by atoms with van der Waals surface area (Å²) < 4.78 is 50.4. The molecular weight excluding hydrogens is 793 g/mol. The molecule has 308 valence electrons. The molecule has 6 heterocycles. The highest BCUT2D eigenvalue weighted by Gasteiger charge is 2.43. The number of aromatic nitrogens is 4. The van der Waals surface area contributed by atoms with Gasteiger partial charge in [0.2, 0.25) is 0 Å².